The highest BCUT2D eigenvalue weighted by atomic mass is 16.5. The Morgan fingerprint density at radius 1 is 0.955 bits per heavy atom. The van der Waals surface area contributed by atoms with E-state index in [2.05, 4.69) is 26.1 Å². The summed E-state index contributed by atoms with van der Waals surface area (Å²) < 4.78 is 11.3. The second-order valence-corrected chi connectivity index (χ2v) is 6.29. The van der Waals surface area contributed by atoms with Crippen molar-refractivity contribution < 1.29 is 9.47 Å². The Morgan fingerprint density at radius 3 is 2.32 bits per heavy atom. The molecular weight excluding hydrogens is 274 g/mol. The maximum atomic E-state index is 5.91. The minimum absolute atomic E-state index is 0.0273. The Kier molecular flexibility index (Phi) is 5.45. The molecular formula is C19H25NO2. The Labute approximate surface area is 133 Å². The van der Waals surface area contributed by atoms with E-state index in [9.17, 15) is 0 Å². The highest BCUT2D eigenvalue weighted by molar-refractivity contribution is 5.50. The van der Waals surface area contributed by atoms with Crippen molar-refractivity contribution in [3.63, 3.8) is 0 Å². The van der Waals surface area contributed by atoms with Crippen LogP contribution in [0.5, 0.6) is 11.5 Å². The Hall–Kier alpha value is -2.00. The van der Waals surface area contributed by atoms with Crippen LogP contribution < -0.4 is 10.1 Å². The second kappa shape index (κ2) is 7.32. The van der Waals surface area contributed by atoms with E-state index in [0.29, 0.717) is 6.61 Å². The van der Waals surface area contributed by atoms with Crippen LogP contribution in [0.4, 0.5) is 5.69 Å². The number of benzene rings is 2. The van der Waals surface area contributed by atoms with Crippen LogP contribution >= 0.6 is 0 Å². The molecule has 0 aliphatic heterocycles. The van der Waals surface area contributed by atoms with E-state index >= 15 is 0 Å². The van der Waals surface area contributed by atoms with Gasteiger partial charge in [0.15, 0.2) is 0 Å². The van der Waals surface area contributed by atoms with Crippen molar-refractivity contribution in [2.45, 2.75) is 39.8 Å². The summed E-state index contributed by atoms with van der Waals surface area (Å²) in [6.45, 7) is 9.77. The summed E-state index contributed by atoms with van der Waals surface area (Å²) in [5.74, 6) is 1.65. The minimum Gasteiger partial charge on any atom is -0.457 e. The molecule has 0 radical (unpaired) electrons. The van der Waals surface area contributed by atoms with Crippen LogP contribution in [0.3, 0.4) is 0 Å². The lowest BCUT2D eigenvalue weighted by Gasteiger charge is -2.22. The predicted octanol–water partition coefficient (Wildman–Crippen LogP) is 5.23. The van der Waals surface area contributed by atoms with Crippen molar-refractivity contribution in [2.75, 3.05) is 11.9 Å². The average Bonchev–Trinajstić information content (AvgIpc) is 2.45. The SMILES string of the molecule is CCOCc1ccc(Oc2cccc(NC(C)(C)C)c2)cc1. The van der Waals surface area contributed by atoms with Gasteiger partial charge in [0.25, 0.3) is 0 Å². The lowest BCUT2D eigenvalue weighted by Crippen LogP contribution is -2.25. The molecule has 0 heterocycles. The summed E-state index contributed by atoms with van der Waals surface area (Å²) in [5.41, 5.74) is 2.23. The van der Waals surface area contributed by atoms with E-state index in [1.54, 1.807) is 0 Å². The molecule has 0 saturated heterocycles. The summed E-state index contributed by atoms with van der Waals surface area (Å²) in [6.07, 6.45) is 0. The molecule has 0 fully saturated rings. The van der Waals surface area contributed by atoms with Gasteiger partial charge < -0.3 is 14.8 Å². The lowest BCUT2D eigenvalue weighted by molar-refractivity contribution is 0.134. The molecule has 0 saturated carbocycles. The van der Waals surface area contributed by atoms with Crippen molar-refractivity contribution in [2.24, 2.45) is 0 Å². The summed E-state index contributed by atoms with van der Waals surface area (Å²) in [5, 5.41) is 3.44. The zero-order valence-corrected chi connectivity index (χ0v) is 13.8. The molecule has 2 aromatic rings. The molecule has 2 aromatic carbocycles. The van der Waals surface area contributed by atoms with Gasteiger partial charge in [-0.2, -0.15) is 0 Å². The molecule has 1 N–H and O–H groups in total. The molecule has 0 spiro atoms. The Balaban J connectivity index is 2.02. The van der Waals surface area contributed by atoms with Crippen LogP contribution in [0.25, 0.3) is 0 Å². The van der Waals surface area contributed by atoms with E-state index in [-0.39, 0.29) is 5.54 Å². The first-order valence-corrected chi connectivity index (χ1v) is 7.69. The summed E-state index contributed by atoms with van der Waals surface area (Å²) in [6, 6.07) is 16.0. The number of hydrogen-bond donors (Lipinski definition) is 1. The fourth-order valence-corrected chi connectivity index (χ4v) is 2.08. The first-order valence-electron chi connectivity index (χ1n) is 7.69. The van der Waals surface area contributed by atoms with E-state index in [4.69, 9.17) is 9.47 Å². The van der Waals surface area contributed by atoms with E-state index in [1.807, 2.05) is 55.5 Å². The molecule has 0 atom stereocenters. The molecule has 0 aliphatic carbocycles. The number of hydrogen-bond acceptors (Lipinski definition) is 3. The third-order valence-electron chi connectivity index (χ3n) is 2.99. The summed E-state index contributed by atoms with van der Waals surface area (Å²) in [4.78, 5) is 0. The predicted molar refractivity (Wildman–Crippen MR) is 91.7 cm³/mol. The molecule has 3 nitrogen and oxygen atoms in total. The van der Waals surface area contributed by atoms with Gasteiger partial charge in [0, 0.05) is 23.9 Å². The maximum absolute atomic E-state index is 5.91. The largest absolute Gasteiger partial charge is 0.457 e. The number of ether oxygens (including phenoxy) is 2. The third kappa shape index (κ3) is 5.41. The van der Waals surface area contributed by atoms with Gasteiger partial charge in [-0.1, -0.05) is 18.2 Å². The maximum Gasteiger partial charge on any atom is 0.129 e. The Bertz CT molecular complexity index is 585. The van der Waals surface area contributed by atoms with Crippen LogP contribution in [-0.2, 0) is 11.3 Å². The molecule has 22 heavy (non-hydrogen) atoms. The quantitative estimate of drug-likeness (QED) is 0.792. The number of rotatable bonds is 6. The summed E-state index contributed by atoms with van der Waals surface area (Å²) >= 11 is 0. The van der Waals surface area contributed by atoms with Crippen LogP contribution in [0.2, 0.25) is 0 Å². The standard InChI is InChI=1S/C19H25NO2/c1-5-21-14-15-9-11-17(12-10-15)22-18-8-6-7-16(13-18)20-19(2,3)4/h6-13,20H,5,14H2,1-4H3. The highest BCUT2D eigenvalue weighted by Crippen LogP contribution is 2.25. The van der Waals surface area contributed by atoms with Crippen LogP contribution in [0.1, 0.15) is 33.3 Å². The van der Waals surface area contributed by atoms with Gasteiger partial charge in [-0.05, 0) is 57.5 Å². The van der Waals surface area contributed by atoms with Crippen LogP contribution in [-0.4, -0.2) is 12.1 Å². The normalized spacial score (nSPS) is 11.3. The molecule has 0 amide bonds. The van der Waals surface area contributed by atoms with Gasteiger partial charge in [0.1, 0.15) is 11.5 Å². The van der Waals surface area contributed by atoms with Crippen molar-refractivity contribution in [1.82, 2.24) is 0 Å². The van der Waals surface area contributed by atoms with E-state index in [1.165, 1.54) is 0 Å². The van der Waals surface area contributed by atoms with Crippen molar-refractivity contribution in [1.29, 1.82) is 0 Å². The molecule has 0 unspecified atom stereocenters. The third-order valence-corrected chi connectivity index (χ3v) is 2.99. The molecule has 3 heteroatoms. The van der Waals surface area contributed by atoms with E-state index in [0.717, 1.165) is 29.4 Å². The van der Waals surface area contributed by atoms with Gasteiger partial charge in [-0.3, -0.25) is 0 Å². The first kappa shape index (κ1) is 16.4. The van der Waals surface area contributed by atoms with Gasteiger partial charge in [-0.15, -0.1) is 0 Å². The smallest absolute Gasteiger partial charge is 0.129 e. The van der Waals surface area contributed by atoms with Crippen molar-refractivity contribution in [3.8, 4) is 11.5 Å². The zero-order chi connectivity index (χ0) is 16.0. The number of anilines is 1. The number of nitrogens with one attached hydrogen (secondary N) is 1. The monoisotopic (exact) mass is 299 g/mol. The topological polar surface area (TPSA) is 30.5 Å². The van der Waals surface area contributed by atoms with E-state index < -0.39 is 0 Å². The van der Waals surface area contributed by atoms with Crippen molar-refractivity contribution in [3.05, 3.63) is 54.1 Å². The molecule has 2 rings (SSSR count). The zero-order valence-electron chi connectivity index (χ0n) is 13.8. The average molecular weight is 299 g/mol. The fourth-order valence-electron chi connectivity index (χ4n) is 2.08. The van der Waals surface area contributed by atoms with Crippen molar-refractivity contribution >= 4 is 5.69 Å². The fraction of sp³-hybridized carbons (Fsp3) is 0.368. The minimum atomic E-state index is 0.0273. The van der Waals surface area contributed by atoms with Gasteiger partial charge in [0.2, 0.25) is 0 Å². The van der Waals surface area contributed by atoms with Gasteiger partial charge in [0.05, 0.1) is 6.61 Å². The van der Waals surface area contributed by atoms with Gasteiger partial charge in [-0.25, -0.2) is 0 Å². The van der Waals surface area contributed by atoms with Gasteiger partial charge >= 0.3 is 0 Å². The molecule has 118 valence electrons. The molecule has 0 aliphatic rings. The first-order chi connectivity index (χ1) is 10.5. The second-order valence-electron chi connectivity index (χ2n) is 6.29. The highest BCUT2D eigenvalue weighted by Gasteiger charge is 2.09. The molecule has 0 aromatic heterocycles. The molecule has 0 bridgehead atoms. The van der Waals surface area contributed by atoms with Crippen LogP contribution in [0.15, 0.2) is 48.5 Å². The lowest BCUT2D eigenvalue weighted by atomic mass is 10.1. The summed E-state index contributed by atoms with van der Waals surface area (Å²) in [7, 11) is 0. The van der Waals surface area contributed by atoms with Crippen LogP contribution in [0, 0.1) is 0 Å². The Morgan fingerprint density at radius 2 is 1.68 bits per heavy atom.